The van der Waals surface area contributed by atoms with Crippen LogP contribution in [-0.2, 0) is 14.3 Å². The van der Waals surface area contributed by atoms with E-state index in [0.29, 0.717) is 16.5 Å². The van der Waals surface area contributed by atoms with E-state index >= 15 is 0 Å². The van der Waals surface area contributed by atoms with Gasteiger partial charge in [0.2, 0.25) is 0 Å². The van der Waals surface area contributed by atoms with Crippen molar-refractivity contribution in [3.05, 3.63) is 53.6 Å². The fourth-order valence-corrected chi connectivity index (χ4v) is 2.88. The lowest BCUT2D eigenvalue weighted by Gasteiger charge is -2.11. The second kappa shape index (κ2) is 9.34. The first-order valence-corrected chi connectivity index (χ1v) is 8.76. The summed E-state index contributed by atoms with van der Waals surface area (Å²) >= 11 is 7.17. The Hall–Kier alpha value is -2.18. The Morgan fingerprint density at radius 2 is 1.76 bits per heavy atom. The highest BCUT2D eigenvalue weighted by Crippen LogP contribution is 2.25. The summed E-state index contributed by atoms with van der Waals surface area (Å²) in [5, 5.41) is 2.85. The summed E-state index contributed by atoms with van der Waals surface area (Å²) in [7, 11) is 1.57. The lowest BCUT2D eigenvalue weighted by Crippen LogP contribution is -2.24. The summed E-state index contributed by atoms with van der Waals surface area (Å²) in [6, 6.07) is 14.0. The van der Waals surface area contributed by atoms with Crippen molar-refractivity contribution < 1.29 is 19.1 Å². The van der Waals surface area contributed by atoms with Gasteiger partial charge in [-0.3, -0.25) is 9.59 Å². The average Bonchev–Trinajstić information content (AvgIpc) is 2.62. The highest BCUT2D eigenvalue weighted by atomic mass is 35.5. The number of nitrogens with one attached hydrogen (secondary N) is 1. The summed E-state index contributed by atoms with van der Waals surface area (Å²) in [6.07, 6.45) is 0. The van der Waals surface area contributed by atoms with E-state index in [0.717, 1.165) is 4.90 Å². The SMILES string of the molecule is COc1ccc(NC(=O)COC(=O)[C@H](C)Sc2ccc(Cl)cc2)cc1. The van der Waals surface area contributed by atoms with Crippen LogP contribution in [0.1, 0.15) is 6.92 Å². The number of rotatable bonds is 7. The Labute approximate surface area is 155 Å². The van der Waals surface area contributed by atoms with E-state index in [4.69, 9.17) is 21.1 Å². The molecule has 0 radical (unpaired) electrons. The molecule has 0 heterocycles. The van der Waals surface area contributed by atoms with Crippen LogP contribution in [0.15, 0.2) is 53.4 Å². The highest BCUT2D eigenvalue weighted by molar-refractivity contribution is 8.00. The van der Waals surface area contributed by atoms with Crippen LogP contribution >= 0.6 is 23.4 Å². The molecule has 132 valence electrons. The molecule has 25 heavy (non-hydrogen) atoms. The minimum absolute atomic E-state index is 0.337. The third-order valence-electron chi connectivity index (χ3n) is 3.18. The van der Waals surface area contributed by atoms with Gasteiger partial charge < -0.3 is 14.8 Å². The Balaban J connectivity index is 1.77. The van der Waals surface area contributed by atoms with E-state index in [-0.39, 0.29) is 6.61 Å². The van der Waals surface area contributed by atoms with Gasteiger partial charge >= 0.3 is 5.97 Å². The van der Waals surface area contributed by atoms with Gasteiger partial charge in [-0.05, 0) is 55.5 Å². The van der Waals surface area contributed by atoms with Gasteiger partial charge in [0, 0.05) is 15.6 Å². The molecule has 1 amide bonds. The maximum atomic E-state index is 12.0. The first kappa shape index (κ1) is 19.1. The fourth-order valence-electron chi connectivity index (χ4n) is 1.89. The predicted octanol–water partition coefficient (Wildman–Crippen LogP) is 4.01. The first-order valence-electron chi connectivity index (χ1n) is 7.50. The van der Waals surface area contributed by atoms with Crippen molar-refractivity contribution in [1.82, 2.24) is 0 Å². The third-order valence-corrected chi connectivity index (χ3v) is 4.52. The largest absolute Gasteiger partial charge is 0.497 e. The molecule has 0 aliphatic carbocycles. The topological polar surface area (TPSA) is 64.6 Å². The molecule has 1 atom stereocenters. The van der Waals surface area contributed by atoms with Gasteiger partial charge in [0.1, 0.15) is 11.0 Å². The molecule has 0 unspecified atom stereocenters. The molecule has 2 rings (SSSR count). The zero-order valence-corrected chi connectivity index (χ0v) is 15.4. The Morgan fingerprint density at radius 3 is 2.36 bits per heavy atom. The van der Waals surface area contributed by atoms with E-state index < -0.39 is 17.1 Å². The minimum Gasteiger partial charge on any atom is -0.497 e. The van der Waals surface area contributed by atoms with Crippen molar-refractivity contribution in [3.8, 4) is 5.75 Å². The normalized spacial score (nSPS) is 11.5. The molecule has 0 aliphatic rings. The summed E-state index contributed by atoms with van der Waals surface area (Å²) < 4.78 is 10.1. The van der Waals surface area contributed by atoms with Crippen LogP contribution in [-0.4, -0.2) is 30.8 Å². The second-order valence-corrected chi connectivity index (χ2v) is 6.95. The number of esters is 1. The lowest BCUT2D eigenvalue weighted by molar-refractivity contribution is -0.146. The maximum absolute atomic E-state index is 12.0. The number of amides is 1. The maximum Gasteiger partial charge on any atom is 0.319 e. The molecule has 0 saturated carbocycles. The molecular weight excluding hydrogens is 362 g/mol. The van der Waals surface area contributed by atoms with Crippen LogP contribution in [0.2, 0.25) is 5.02 Å². The summed E-state index contributed by atoms with van der Waals surface area (Å²) in [5.74, 6) is -0.162. The molecule has 0 saturated heterocycles. The molecule has 5 nitrogen and oxygen atoms in total. The Morgan fingerprint density at radius 1 is 1.12 bits per heavy atom. The monoisotopic (exact) mass is 379 g/mol. The van der Waals surface area contributed by atoms with Crippen molar-refractivity contribution in [1.29, 1.82) is 0 Å². The van der Waals surface area contributed by atoms with Gasteiger partial charge in [-0.25, -0.2) is 0 Å². The number of hydrogen-bond acceptors (Lipinski definition) is 5. The minimum atomic E-state index is -0.454. The fraction of sp³-hybridized carbons (Fsp3) is 0.222. The molecule has 7 heteroatoms. The Kier molecular flexibility index (Phi) is 7.16. The lowest BCUT2D eigenvalue weighted by atomic mass is 10.3. The van der Waals surface area contributed by atoms with Gasteiger partial charge in [0.05, 0.1) is 7.11 Å². The second-order valence-electron chi connectivity index (χ2n) is 5.10. The quantitative estimate of drug-likeness (QED) is 0.581. The number of carbonyl (C=O) groups excluding carboxylic acids is 2. The predicted molar refractivity (Wildman–Crippen MR) is 99.4 cm³/mol. The van der Waals surface area contributed by atoms with Crippen molar-refractivity contribution in [2.45, 2.75) is 17.1 Å². The first-order chi connectivity index (χ1) is 12.0. The highest BCUT2D eigenvalue weighted by Gasteiger charge is 2.17. The Bertz CT molecular complexity index is 719. The molecule has 0 aliphatic heterocycles. The van der Waals surface area contributed by atoms with Gasteiger partial charge in [0.25, 0.3) is 5.91 Å². The molecular formula is C18H18ClNO4S. The van der Waals surface area contributed by atoms with E-state index in [1.54, 1.807) is 50.4 Å². The van der Waals surface area contributed by atoms with Crippen LogP contribution in [0, 0.1) is 0 Å². The van der Waals surface area contributed by atoms with Crippen LogP contribution in [0.4, 0.5) is 5.69 Å². The van der Waals surface area contributed by atoms with E-state index in [9.17, 15) is 9.59 Å². The van der Waals surface area contributed by atoms with Gasteiger partial charge in [-0.1, -0.05) is 11.6 Å². The number of methoxy groups -OCH3 is 1. The zero-order valence-electron chi connectivity index (χ0n) is 13.8. The van der Waals surface area contributed by atoms with E-state index in [1.165, 1.54) is 11.8 Å². The average molecular weight is 380 g/mol. The summed E-state index contributed by atoms with van der Waals surface area (Å²) in [4.78, 5) is 24.7. The van der Waals surface area contributed by atoms with Crippen LogP contribution < -0.4 is 10.1 Å². The van der Waals surface area contributed by atoms with Crippen LogP contribution in [0.5, 0.6) is 5.75 Å². The number of hydrogen-bond donors (Lipinski definition) is 1. The van der Waals surface area contributed by atoms with Gasteiger partial charge in [0.15, 0.2) is 6.61 Å². The number of thioether (sulfide) groups is 1. The summed E-state index contributed by atoms with van der Waals surface area (Å²) in [6.45, 7) is 1.39. The molecule has 0 bridgehead atoms. The number of benzene rings is 2. The van der Waals surface area contributed by atoms with Crippen molar-refractivity contribution in [3.63, 3.8) is 0 Å². The number of ether oxygens (including phenoxy) is 2. The van der Waals surface area contributed by atoms with Gasteiger partial charge in [-0.15, -0.1) is 11.8 Å². The van der Waals surface area contributed by atoms with Crippen LogP contribution in [0.3, 0.4) is 0 Å². The third kappa shape index (κ3) is 6.32. The van der Waals surface area contributed by atoms with Crippen LogP contribution in [0.25, 0.3) is 0 Å². The standard InChI is InChI=1S/C18H18ClNO4S/c1-12(25-16-9-3-13(19)4-10-16)18(22)24-11-17(21)20-14-5-7-15(23-2)8-6-14/h3-10,12H,11H2,1-2H3,(H,20,21)/t12-/m0/s1. The molecule has 1 N–H and O–H groups in total. The molecule has 0 fully saturated rings. The van der Waals surface area contributed by atoms with Crippen molar-refractivity contribution in [2.75, 3.05) is 19.0 Å². The van der Waals surface area contributed by atoms with E-state index in [1.807, 2.05) is 12.1 Å². The number of halogens is 1. The zero-order chi connectivity index (χ0) is 18.2. The molecule has 2 aromatic rings. The molecule has 2 aromatic carbocycles. The van der Waals surface area contributed by atoms with Crippen molar-refractivity contribution in [2.24, 2.45) is 0 Å². The van der Waals surface area contributed by atoms with Gasteiger partial charge in [-0.2, -0.15) is 0 Å². The van der Waals surface area contributed by atoms with Crippen molar-refractivity contribution >= 4 is 40.9 Å². The molecule has 0 aromatic heterocycles. The van der Waals surface area contributed by atoms with E-state index in [2.05, 4.69) is 5.32 Å². The summed E-state index contributed by atoms with van der Waals surface area (Å²) in [5.41, 5.74) is 0.602. The smallest absolute Gasteiger partial charge is 0.319 e. The number of carbonyl (C=O) groups is 2. The number of anilines is 1. The molecule has 0 spiro atoms.